The first kappa shape index (κ1) is 28.7. The highest BCUT2D eigenvalue weighted by Crippen LogP contribution is 2.49. The topological polar surface area (TPSA) is 78.5 Å². The Morgan fingerprint density at radius 2 is 1.77 bits per heavy atom. The predicted octanol–water partition coefficient (Wildman–Crippen LogP) is 5.93. The van der Waals surface area contributed by atoms with Crippen LogP contribution in [0.1, 0.15) is 107 Å². The molecule has 3 fully saturated rings. The minimum absolute atomic E-state index is 0.0921. The van der Waals surface area contributed by atoms with Crippen molar-refractivity contribution in [2.24, 2.45) is 23.2 Å². The first-order chi connectivity index (χ1) is 18.8. The molecule has 1 aromatic rings. The van der Waals surface area contributed by atoms with Crippen LogP contribution in [0.3, 0.4) is 0 Å². The highest BCUT2D eigenvalue weighted by atomic mass is 32.2. The second-order valence-electron chi connectivity index (χ2n) is 13.2. The molecule has 6 nitrogen and oxygen atoms in total. The summed E-state index contributed by atoms with van der Waals surface area (Å²) in [7, 11) is 0. The van der Waals surface area contributed by atoms with Crippen LogP contribution in [0.25, 0.3) is 0 Å². The van der Waals surface area contributed by atoms with E-state index in [0.29, 0.717) is 23.9 Å². The number of piperidine rings is 1. The van der Waals surface area contributed by atoms with Crippen molar-refractivity contribution < 1.29 is 14.4 Å². The molecule has 4 aliphatic rings. The summed E-state index contributed by atoms with van der Waals surface area (Å²) in [5, 5.41) is 6.18. The second-order valence-corrected chi connectivity index (χ2v) is 14.4. The summed E-state index contributed by atoms with van der Waals surface area (Å²) in [4.78, 5) is 39.6. The van der Waals surface area contributed by atoms with Crippen molar-refractivity contribution in [1.29, 1.82) is 0 Å². The highest BCUT2D eigenvalue weighted by molar-refractivity contribution is 7.99. The van der Waals surface area contributed by atoms with Crippen LogP contribution in [-0.2, 0) is 16.1 Å². The molecule has 3 atom stereocenters. The van der Waals surface area contributed by atoms with Gasteiger partial charge in [0.25, 0.3) is 5.91 Å². The van der Waals surface area contributed by atoms with Gasteiger partial charge < -0.3 is 10.2 Å². The Labute approximate surface area is 238 Å². The molecule has 1 saturated heterocycles. The fourth-order valence-electron chi connectivity index (χ4n) is 8.00. The van der Waals surface area contributed by atoms with E-state index in [1.54, 1.807) is 4.90 Å². The summed E-state index contributed by atoms with van der Waals surface area (Å²) < 4.78 is 0. The van der Waals surface area contributed by atoms with E-state index in [9.17, 15) is 14.4 Å². The van der Waals surface area contributed by atoms with Gasteiger partial charge in [-0.15, -0.1) is 11.8 Å². The van der Waals surface area contributed by atoms with Crippen molar-refractivity contribution in [3.05, 3.63) is 29.3 Å². The lowest BCUT2D eigenvalue weighted by atomic mass is 9.59. The number of nitrogens with one attached hydrogen (secondary N) is 2. The molecule has 3 amide bonds. The molecule has 2 N–H and O–H groups in total. The van der Waals surface area contributed by atoms with Gasteiger partial charge in [-0.1, -0.05) is 39.2 Å². The number of thioether (sulfide) groups is 1. The molecule has 2 bridgehead atoms. The van der Waals surface area contributed by atoms with Gasteiger partial charge in [-0.2, -0.15) is 0 Å². The molecule has 0 aromatic heterocycles. The van der Waals surface area contributed by atoms with Gasteiger partial charge in [-0.05, 0) is 105 Å². The Hall–Kier alpha value is -1.86. The largest absolute Gasteiger partial charge is 0.322 e. The first-order valence-electron chi connectivity index (χ1n) is 15.4. The zero-order valence-corrected chi connectivity index (χ0v) is 24.8. The molecule has 2 heterocycles. The summed E-state index contributed by atoms with van der Waals surface area (Å²) >= 11 is 1.83. The second kappa shape index (κ2) is 12.8. The number of unbranched alkanes of at least 4 members (excludes halogenated alkanes) is 4. The molecule has 7 heteroatoms. The van der Waals surface area contributed by atoms with Crippen LogP contribution >= 0.6 is 11.8 Å². The van der Waals surface area contributed by atoms with E-state index in [1.165, 1.54) is 70.8 Å². The Balaban J connectivity index is 0.959. The molecule has 2 aliphatic carbocycles. The van der Waals surface area contributed by atoms with Crippen LogP contribution in [0.2, 0.25) is 0 Å². The third-order valence-electron chi connectivity index (χ3n) is 9.55. The van der Waals surface area contributed by atoms with E-state index in [-0.39, 0.29) is 24.1 Å². The summed E-state index contributed by atoms with van der Waals surface area (Å²) in [6, 6.07) is 5.35. The number of hydrogen-bond acceptors (Lipinski definition) is 5. The highest BCUT2D eigenvalue weighted by Gasteiger charge is 2.41. The number of imide groups is 1. The van der Waals surface area contributed by atoms with Crippen molar-refractivity contribution in [3.63, 3.8) is 0 Å². The van der Waals surface area contributed by atoms with E-state index in [1.807, 2.05) is 23.9 Å². The van der Waals surface area contributed by atoms with Crippen molar-refractivity contribution in [3.8, 4) is 0 Å². The van der Waals surface area contributed by atoms with Gasteiger partial charge in [-0.25, -0.2) is 0 Å². The smallest absolute Gasteiger partial charge is 0.255 e. The quantitative estimate of drug-likeness (QED) is 0.191. The maximum Gasteiger partial charge on any atom is 0.255 e. The average molecular weight is 554 g/mol. The normalized spacial score (nSPS) is 30.4. The standard InChI is InChI=1S/C32H47N3O3S/c1-22-15-23-17-24(16-22)19-32(2,18-23)21-33-13-6-4-3-5-7-14-39-28-10-8-9-25-26(28)20-35(31(25)38)27-11-12-29(36)34-30(27)37/h8-10,22-24,27,33H,3-7,11-21H2,1-2H3,(H,34,36,37). The third kappa shape index (κ3) is 7.08. The fourth-order valence-corrected chi connectivity index (χ4v) is 9.09. The van der Waals surface area contributed by atoms with Crippen LogP contribution in [-0.4, -0.2) is 47.5 Å². The minimum atomic E-state index is -0.552. The van der Waals surface area contributed by atoms with Crippen LogP contribution < -0.4 is 10.6 Å². The summed E-state index contributed by atoms with van der Waals surface area (Å²) in [6.07, 6.45) is 14.2. The van der Waals surface area contributed by atoms with E-state index < -0.39 is 6.04 Å². The Morgan fingerprint density at radius 3 is 2.54 bits per heavy atom. The number of nitrogens with zero attached hydrogens (tertiary/aromatic N) is 1. The van der Waals surface area contributed by atoms with Gasteiger partial charge in [0.05, 0.1) is 0 Å². The molecule has 2 saturated carbocycles. The number of carbonyl (C=O) groups is 3. The van der Waals surface area contributed by atoms with Crippen molar-refractivity contribution in [1.82, 2.24) is 15.5 Å². The summed E-state index contributed by atoms with van der Waals surface area (Å²) in [5.41, 5.74) is 2.25. The van der Waals surface area contributed by atoms with Gasteiger partial charge >= 0.3 is 0 Å². The van der Waals surface area contributed by atoms with E-state index in [2.05, 4.69) is 30.5 Å². The van der Waals surface area contributed by atoms with E-state index in [0.717, 1.165) is 40.5 Å². The van der Waals surface area contributed by atoms with Crippen LogP contribution in [0.4, 0.5) is 0 Å². The molecule has 0 radical (unpaired) electrons. The number of hydrogen-bond donors (Lipinski definition) is 2. The molecule has 214 valence electrons. The fraction of sp³-hybridized carbons (Fsp3) is 0.719. The number of carbonyl (C=O) groups excluding carboxylic acids is 3. The first-order valence-corrected chi connectivity index (χ1v) is 16.4. The molecule has 5 rings (SSSR count). The van der Waals surface area contributed by atoms with Crippen LogP contribution in [0, 0.1) is 23.2 Å². The molecule has 1 aromatic carbocycles. The van der Waals surface area contributed by atoms with Gasteiger partial charge in [0.15, 0.2) is 0 Å². The van der Waals surface area contributed by atoms with Crippen molar-refractivity contribution >= 4 is 29.5 Å². The lowest BCUT2D eigenvalue weighted by Gasteiger charge is -2.47. The molecular weight excluding hydrogens is 506 g/mol. The lowest BCUT2D eigenvalue weighted by Crippen LogP contribution is -2.52. The van der Waals surface area contributed by atoms with Gasteiger partial charge in [0.2, 0.25) is 11.8 Å². The van der Waals surface area contributed by atoms with Gasteiger partial charge in [0.1, 0.15) is 6.04 Å². The monoisotopic (exact) mass is 553 g/mol. The molecule has 2 aliphatic heterocycles. The summed E-state index contributed by atoms with van der Waals surface area (Å²) in [6.45, 7) is 7.76. The number of amides is 3. The maximum atomic E-state index is 13.0. The SMILES string of the molecule is CC1CC2CC(C1)CC(C)(CNCCCCCCCSc1cccc3c1CN(C1CCC(=O)NC1=O)C3=O)C2. The molecule has 0 spiro atoms. The molecular formula is C32H47N3O3S. The number of benzene rings is 1. The van der Waals surface area contributed by atoms with Crippen molar-refractivity contribution in [2.75, 3.05) is 18.8 Å². The van der Waals surface area contributed by atoms with Crippen molar-refractivity contribution in [2.45, 2.75) is 108 Å². The average Bonchev–Trinajstić information content (AvgIpc) is 3.21. The van der Waals surface area contributed by atoms with E-state index >= 15 is 0 Å². The Morgan fingerprint density at radius 1 is 1.03 bits per heavy atom. The van der Waals surface area contributed by atoms with Crippen LogP contribution in [0.5, 0.6) is 0 Å². The van der Waals surface area contributed by atoms with Gasteiger partial charge in [0, 0.05) is 30.0 Å². The maximum absolute atomic E-state index is 13.0. The van der Waals surface area contributed by atoms with Crippen LogP contribution in [0.15, 0.2) is 23.1 Å². The number of rotatable bonds is 12. The number of fused-ring (bicyclic) bond motifs is 3. The summed E-state index contributed by atoms with van der Waals surface area (Å²) in [5.74, 6) is 3.23. The van der Waals surface area contributed by atoms with Gasteiger partial charge in [-0.3, -0.25) is 19.7 Å². The van der Waals surface area contributed by atoms with E-state index in [4.69, 9.17) is 0 Å². The zero-order valence-electron chi connectivity index (χ0n) is 23.9. The third-order valence-corrected chi connectivity index (χ3v) is 10.7. The Bertz CT molecular complexity index is 1040. The molecule has 3 unspecified atom stereocenters. The minimum Gasteiger partial charge on any atom is -0.322 e. The Kier molecular flexibility index (Phi) is 9.38. The zero-order chi connectivity index (χ0) is 27.4. The lowest BCUT2D eigenvalue weighted by molar-refractivity contribution is -0.136. The molecule has 39 heavy (non-hydrogen) atoms. The predicted molar refractivity (Wildman–Crippen MR) is 157 cm³/mol.